The molecule has 0 aromatic rings. The summed E-state index contributed by atoms with van der Waals surface area (Å²) in [6, 6.07) is 1.74. The number of aliphatic hydroxyl groups is 1. The minimum absolute atomic E-state index is 0.179. The summed E-state index contributed by atoms with van der Waals surface area (Å²) in [7, 11) is 0. The van der Waals surface area contributed by atoms with Crippen molar-refractivity contribution in [3.8, 4) is 6.07 Å². The SMILES string of the molecule is C/C(O)=C(\C#N)C(=O)NCC1CC[C@H]2C[C@@H]1C2(C)C. The summed E-state index contributed by atoms with van der Waals surface area (Å²) in [4.78, 5) is 11.8. The van der Waals surface area contributed by atoms with Crippen LogP contribution in [0.4, 0.5) is 0 Å². The highest BCUT2D eigenvalue weighted by Crippen LogP contribution is 2.61. The number of amides is 1. The number of nitrogens with one attached hydrogen (secondary N) is 1. The summed E-state index contributed by atoms with van der Waals surface area (Å²) < 4.78 is 0. The van der Waals surface area contributed by atoms with Crippen LogP contribution in [0.5, 0.6) is 0 Å². The van der Waals surface area contributed by atoms with Crippen molar-refractivity contribution in [2.75, 3.05) is 6.54 Å². The van der Waals surface area contributed by atoms with Crippen LogP contribution < -0.4 is 5.32 Å². The quantitative estimate of drug-likeness (QED) is 0.466. The molecule has 0 aliphatic heterocycles. The lowest BCUT2D eigenvalue weighted by Gasteiger charge is -2.60. The van der Waals surface area contributed by atoms with Crippen molar-refractivity contribution in [1.29, 1.82) is 5.26 Å². The van der Waals surface area contributed by atoms with Crippen LogP contribution >= 0.6 is 0 Å². The molecule has 3 aliphatic carbocycles. The first-order chi connectivity index (χ1) is 8.87. The number of allylic oxidation sites excluding steroid dienone is 1. The third kappa shape index (κ3) is 2.34. The Balaban J connectivity index is 1.92. The standard InChI is InChI=1S/C15H22N2O2/c1-9(18)12(7-16)14(19)17-8-10-4-5-11-6-13(10)15(11,2)3/h10-11,13,18H,4-6,8H2,1-3H3,(H,17,19)/b12-9-/t10?,11-,13-/m0/s1. The average molecular weight is 262 g/mol. The van der Waals surface area contributed by atoms with Crippen LogP contribution in [-0.2, 0) is 4.79 Å². The summed E-state index contributed by atoms with van der Waals surface area (Å²) in [5, 5.41) is 20.9. The number of hydrogen-bond donors (Lipinski definition) is 2. The second-order valence-corrected chi connectivity index (χ2v) is 6.48. The number of nitrogens with zero attached hydrogens (tertiary/aromatic N) is 1. The van der Waals surface area contributed by atoms with E-state index in [2.05, 4.69) is 19.2 Å². The van der Waals surface area contributed by atoms with Crippen LogP contribution in [0.25, 0.3) is 0 Å². The summed E-state index contributed by atoms with van der Waals surface area (Å²) in [6.07, 6.45) is 3.67. The first-order valence-electron chi connectivity index (χ1n) is 6.96. The number of rotatable bonds is 3. The Hall–Kier alpha value is -1.50. The van der Waals surface area contributed by atoms with E-state index in [4.69, 9.17) is 5.26 Å². The molecule has 0 aromatic carbocycles. The zero-order valence-electron chi connectivity index (χ0n) is 11.9. The van der Waals surface area contributed by atoms with E-state index in [9.17, 15) is 9.90 Å². The zero-order valence-corrected chi connectivity index (χ0v) is 11.9. The fourth-order valence-electron chi connectivity index (χ4n) is 3.81. The first kappa shape index (κ1) is 13.9. The Morgan fingerprint density at radius 3 is 2.63 bits per heavy atom. The van der Waals surface area contributed by atoms with Gasteiger partial charge in [0, 0.05) is 6.54 Å². The van der Waals surface area contributed by atoms with Gasteiger partial charge in [0.15, 0.2) is 5.57 Å². The maximum absolute atomic E-state index is 11.8. The van der Waals surface area contributed by atoms with Gasteiger partial charge in [-0.2, -0.15) is 5.26 Å². The fourth-order valence-corrected chi connectivity index (χ4v) is 3.81. The van der Waals surface area contributed by atoms with Crippen LogP contribution in [-0.4, -0.2) is 17.6 Å². The summed E-state index contributed by atoms with van der Waals surface area (Å²) in [5.74, 6) is 1.35. The van der Waals surface area contributed by atoms with E-state index in [1.165, 1.54) is 19.8 Å². The minimum atomic E-state index is -0.457. The Morgan fingerprint density at radius 1 is 1.47 bits per heavy atom. The predicted molar refractivity (Wildman–Crippen MR) is 72.1 cm³/mol. The van der Waals surface area contributed by atoms with E-state index in [1.54, 1.807) is 6.07 Å². The van der Waals surface area contributed by atoms with Crippen LogP contribution in [0.3, 0.4) is 0 Å². The van der Waals surface area contributed by atoms with Gasteiger partial charge < -0.3 is 10.4 Å². The van der Waals surface area contributed by atoms with Gasteiger partial charge in [-0.05, 0) is 49.4 Å². The van der Waals surface area contributed by atoms with E-state index in [-0.39, 0.29) is 11.3 Å². The molecule has 0 spiro atoms. The van der Waals surface area contributed by atoms with E-state index >= 15 is 0 Å². The van der Waals surface area contributed by atoms with Crippen molar-refractivity contribution in [2.45, 2.75) is 40.0 Å². The number of fused-ring (bicyclic) bond motifs is 2. The van der Waals surface area contributed by atoms with Crippen molar-refractivity contribution >= 4 is 5.91 Å². The number of nitriles is 1. The van der Waals surface area contributed by atoms with Gasteiger partial charge in [-0.25, -0.2) is 0 Å². The van der Waals surface area contributed by atoms with Crippen LogP contribution in [0.1, 0.15) is 40.0 Å². The Kier molecular flexibility index (Phi) is 3.58. The van der Waals surface area contributed by atoms with E-state index in [0.29, 0.717) is 23.8 Å². The van der Waals surface area contributed by atoms with Gasteiger partial charge in [0.1, 0.15) is 11.8 Å². The molecule has 1 unspecified atom stereocenters. The maximum Gasteiger partial charge on any atom is 0.265 e. The number of carbonyl (C=O) groups is 1. The van der Waals surface area contributed by atoms with E-state index in [1.807, 2.05) is 0 Å². The van der Waals surface area contributed by atoms with Gasteiger partial charge in [0.25, 0.3) is 5.91 Å². The highest BCUT2D eigenvalue weighted by molar-refractivity contribution is 5.97. The number of aliphatic hydroxyl groups excluding tert-OH is 1. The molecule has 0 aromatic heterocycles. The smallest absolute Gasteiger partial charge is 0.265 e. The van der Waals surface area contributed by atoms with Crippen molar-refractivity contribution in [1.82, 2.24) is 5.32 Å². The Morgan fingerprint density at radius 2 is 2.16 bits per heavy atom. The van der Waals surface area contributed by atoms with Gasteiger partial charge in [-0.15, -0.1) is 0 Å². The van der Waals surface area contributed by atoms with Crippen molar-refractivity contribution in [2.24, 2.45) is 23.2 Å². The molecule has 3 aliphatic rings. The van der Waals surface area contributed by atoms with Crippen LogP contribution in [0, 0.1) is 34.5 Å². The molecule has 3 atom stereocenters. The summed E-state index contributed by atoms with van der Waals surface area (Å²) >= 11 is 0. The molecule has 2 N–H and O–H groups in total. The Labute approximate surface area is 114 Å². The third-order valence-electron chi connectivity index (χ3n) is 5.23. The highest BCUT2D eigenvalue weighted by Gasteiger charge is 2.53. The predicted octanol–water partition coefficient (Wildman–Crippen LogP) is 2.53. The minimum Gasteiger partial charge on any atom is -0.511 e. The van der Waals surface area contributed by atoms with Crippen LogP contribution in [0.15, 0.2) is 11.3 Å². The van der Waals surface area contributed by atoms with Crippen molar-refractivity contribution < 1.29 is 9.90 Å². The monoisotopic (exact) mass is 262 g/mol. The van der Waals surface area contributed by atoms with Gasteiger partial charge >= 0.3 is 0 Å². The summed E-state index contributed by atoms with van der Waals surface area (Å²) in [5.41, 5.74) is 0.218. The molecule has 0 heterocycles. The van der Waals surface area contributed by atoms with Gasteiger partial charge in [-0.1, -0.05) is 13.8 Å². The molecule has 1 amide bonds. The second kappa shape index (κ2) is 4.88. The zero-order chi connectivity index (χ0) is 14.2. The molecule has 3 saturated carbocycles. The molecule has 19 heavy (non-hydrogen) atoms. The largest absolute Gasteiger partial charge is 0.511 e. The second-order valence-electron chi connectivity index (χ2n) is 6.48. The third-order valence-corrected chi connectivity index (χ3v) is 5.23. The molecule has 4 nitrogen and oxygen atoms in total. The normalized spacial score (nSPS) is 32.6. The molecule has 2 bridgehead atoms. The molecule has 104 valence electrons. The first-order valence-corrected chi connectivity index (χ1v) is 6.96. The topological polar surface area (TPSA) is 73.1 Å². The molecule has 0 radical (unpaired) electrons. The maximum atomic E-state index is 11.8. The number of carbonyl (C=O) groups excluding carboxylic acids is 1. The van der Waals surface area contributed by atoms with Crippen LogP contribution in [0.2, 0.25) is 0 Å². The van der Waals surface area contributed by atoms with E-state index < -0.39 is 5.91 Å². The molecule has 0 saturated heterocycles. The Bertz CT molecular complexity index is 453. The lowest BCUT2D eigenvalue weighted by atomic mass is 9.45. The van der Waals surface area contributed by atoms with Gasteiger partial charge in [-0.3, -0.25) is 4.79 Å². The number of hydrogen-bond acceptors (Lipinski definition) is 3. The molecule has 4 heteroatoms. The summed E-state index contributed by atoms with van der Waals surface area (Å²) in [6.45, 7) is 6.60. The lowest BCUT2D eigenvalue weighted by Crippen LogP contribution is -2.54. The highest BCUT2D eigenvalue weighted by atomic mass is 16.3. The van der Waals surface area contributed by atoms with Gasteiger partial charge in [0.2, 0.25) is 0 Å². The average Bonchev–Trinajstić information content (AvgIpc) is 2.36. The fraction of sp³-hybridized carbons (Fsp3) is 0.733. The van der Waals surface area contributed by atoms with Gasteiger partial charge in [0.05, 0.1) is 0 Å². The van der Waals surface area contributed by atoms with Crippen molar-refractivity contribution in [3.05, 3.63) is 11.3 Å². The molecular formula is C15H22N2O2. The van der Waals surface area contributed by atoms with E-state index in [0.717, 1.165) is 12.3 Å². The van der Waals surface area contributed by atoms with Crippen molar-refractivity contribution in [3.63, 3.8) is 0 Å². The molecule has 3 rings (SSSR count). The molecular weight excluding hydrogens is 240 g/mol. The lowest BCUT2D eigenvalue weighted by molar-refractivity contribution is -0.121. The molecule has 3 fully saturated rings.